The van der Waals surface area contributed by atoms with Gasteiger partial charge in [-0.2, -0.15) is 0 Å². The lowest BCUT2D eigenvalue weighted by molar-refractivity contribution is 0.380. The van der Waals surface area contributed by atoms with Crippen molar-refractivity contribution < 1.29 is 4.65 Å². The van der Waals surface area contributed by atoms with Crippen LogP contribution in [-0.2, 0) is 4.65 Å². The average Bonchev–Trinajstić information content (AvgIpc) is 1.81. The van der Waals surface area contributed by atoms with Crippen LogP contribution in [-0.4, -0.2) is 14.0 Å². The fraction of sp³-hybridized carbons (Fsp3) is 1.00. The van der Waals surface area contributed by atoms with Crippen molar-refractivity contribution in [2.45, 2.75) is 40.3 Å². The van der Waals surface area contributed by atoms with Gasteiger partial charge in [0.2, 0.25) is 0 Å². The van der Waals surface area contributed by atoms with Crippen molar-refractivity contribution in [3.8, 4) is 0 Å². The van der Waals surface area contributed by atoms with Crippen LogP contribution in [0.2, 0.25) is 12.6 Å². The van der Waals surface area contributed by atoms with Crippen molar-refractivity contribution in [2.24, 2.45) is 5.41 Å². The highest BCUT2D eigenvalue weighted by Gasteiger charge is 2.20. The van der Waals surface area contributed by atoms with Gasteiger partial charge in [0.15, 0.2) is 0 Å². The average molecular weight is 142 g/mol. The molecule has 0 heterocycles. The summed E-state index contributed by atoms with van der Waals surface area (Å²) in [6, 6.07) is 0. The van der Waals surface area contributed by atoms with E-state index in [4.69, 9.17) is 4.65 Å². The van der Waals surface area contributed by atoms with E-state index in [9.17, 15) is 0 Å². The second-order valence-corrected chi connectivity index (χ2v) is 4.03. The molecule has 0 saturated heterocycles. The highest BCUT2D eigenvalue weighted by atomic mass is 16.4. The van der Waals surface area contributed by atoms with Gasteiger partial charge >= 0.3 is 0 Å². The first-order chi connectivity index (χ1) is 4.49. The maximum Gasteiger partial charge on any atom is 0.292 e. The summed E-state index contributed by atoms with van der Waals surface area (Å²) in [6.07, 6.45) is 2.27. The van der Waals surface area contributed by atoms with Gasteiger partial charge in [0.25, 0.3) is 6.92 Å². The van der Waals surface area contributed by atoms with Crippen LogP contribution in [0.15, 0.2) is 0 Å². The molecule has 0 fully saturated rings. The fourth-order valence-corrected chi connectivity index (χ4v) is 1.08. The van der Waals surface area contributed by atoms with Crippen molar-refractivity contribution in [2.75, 3.05) is 7.11 Å². The Bertz CT molecular complexity index is 81.7. The summed E-state index contributed by atoms with van der Waals surface area (Å²) < 4.78 is 5.28. The molecule has 2 heteroatoms. The molecule has 0 aliphatic carbocycles. The molecule has 1 nitrogen and oxygen atoms in total. The fourth-order valence-electron chi connectivity index (χ4n) is 1.08. The van der Waals surface area contributed by atoms with E-state index < -0.39 is 0 Å². The number of rotatable bonds is 3. The van der Waals surface area contributed by atoms with E-state index in [2.05, 4.69) is 27.7 Å². The molecule has 10 heavy (non-hydrogen) atoms. The van der Waals surface area contributed by atoms with Crippen molar-refractivity contribution in [3.63, 3.8) is 0 Å². The van der Waals surface area contributed by atoms with Crippen molar-refractivity contribution in [1.29, 1.82) is 0 Å². The summed E-state index contributed by atoms with van der Waals surface area (Å²) in [4.78, 5) is 0. The first kappa shape index (κ1) is 10.0. The molecule has 0 spiro atoms. The Morgan fingerprint density at radius 3 is 1.90 bits per heavy atom. The molecule has 0 radical (unpaired) electrons. The molecule has 0 aromatic rings. The zero-order valence-corrected chi connectivity index (χ0v) is 7.90. The van der Waals surface area contributed by atoms with E-state index in [1.165, 1.54) is 0 Å². The second-order valence-electron chi connectivity index (χ2n) is 4.03. The SMILES string of the molecule is CCB(CC(C)(C)C)OC. The Balaban J connectivity index is 3.63. The first-order valence-electron chi connectivity index (χ1n) is 4.02. The molecule has 0 N–H and O–H groups in total. The van der Waals surface area contributed by atoms with Gasteiger partial charge in [0.05, 0.1) is 0 Å². The standard InChI is InChI=1S/C8H19BO/c1-6-9(10-5)7-8(2,3)4/h6-7H2,1-5H3. The number of hydrogen-bond donors (Lipinski definition) is 0. The summed E-state index contributed by atoms with van der Waals surface area (Å²) >= 11 is 0. The van der Waals surface area contributed by atoms with Crippen molar-refractivity contribution >= 4 is 6.92 Å². The molecule has 0 aliphatic rings. The lowest BCUT2D eigenvalue weighted by Gasteiger charge is -2.21. The maximum absolute atomic E-state index is 5.28. The minimum atomic E-state index is 0.399. The first-order valence-corrected chi connectivity index (χ1v) is 4.02. The quantitative estimate of drug-likeness (QED) is 0.550. The van der Waals surface area contributed by atoms with Crippen LogP contribution in [0.3, 0.4) is 0 Å². The lowest BCUT2D eigenvalue weighted by atomic mass is 9.55. The zero-order valence-electron chi connectivity index (χ0n) is 7.90. The van der Waals surface area contributed by atoms with Gasteiger partial charge in [-0.1, -0.05) is 34.0 Å². The van der Waals surface area contributed by atoms with Crippen LogP contribution < -0.4 is 0 Å². The number of hydrogen-bond acceptors (Lipinski definition) is 1. The normalized spacial score (nSPS) is 11.7. The highest BCUT2D eigenvalue weighted by Crippen LogP contribution is 2.22. The van der Waals surface area contributed by atoms with Crippen LogP contribution in [0.5, 0.6) is 0 Å². The molecular formula is C8H19BO. The Morgan fingerprint density at radius 2 is 1.80 bits per heavy atom. The molecule has 0 amide bonds. The summed E-state index contributed by atoms with van der Waals surface area (Å²) in [7, 11) is 1.79. The highest BCUT2D eigenvalue weighted by molar-refractivity contribution is 6.51. The molecule has 60 valence electrons. The predicted octanol–water partition coefficient (Wildman–Crippen LogP) is 2.69. The molecule has 0 aliphatic heterocycles. The van der Waals surface area contributed by atoms with Crippen molar-refractivity contribution in [3.05, 3.63) is 0 Å². The third kappa shape index (κ3) is 4.86. The van der Waals surface area contributed by atoms with E-state index >= 15 is 0 Å². The molecule has 0 atom stereocenters. The summed E-state index contributed by atoms with van der Waals surface area (Å²) in [6.45, 7) is 9.35. The maximum atomic E-state index is 5.28. The largest absolute Gasteiger partial charge is 0.438 e. The Hall–Kier alpha value is 0.0249. The third-order valence-electron chi connectivity index (χ3n) is 1.63. The molecule has 0 bridgehead atoms. The molecule has 0 aromatic heterocycles. The summed E-state index contributed by atoms with van der Waals surface area (Å²) in [5.41, 5.74) is 0.399. The van der Waals surface area contributed by atoms with Crippen LogP contribution in [0.1, 0.15) is 27.7 Å². The van der Waals surface area contributed by atoms with E-state index in [1.54, 1.807) is 7.11 Å². The van der Waals surface area contributed by atoms with Crippen LogP contribution in [0, 0.1) is 5.41 Å². The molecule has 0 rings (SSSR count). The Labute approximate surface area is 65.3 Å². The molecule has 0 unspecified atom stereocenters. The van der Waals surface area contributed by atoms with Gasteiger partial charge in [-0.3, -0.25) is 0 Å². The smallest absolute Gasteiger partial charge is 0.292 e. The van der Waals surface area contributed by atoms with E-state index in [0.29, 0.717) is 12.3 Å². The summed E-state index contributed by atoms with van der Waals surface area (Å²) in [5.74, 6) is 0. The van der Waals surface area contributed by atoms with Gasteiger partial charge in [-0.25, -0.2) is 0 Å². The Kier molecular flexibility index (Phi) is 4.03. The zero-order chi connectivity index (χ0) is 8.20. The lowest BCUT2D eigenvalue weighted by Crippen LogP contribution is -2.21. The minimum Gasteiger partial charge on any atom is -0.438 e. The van der Waals surface area contributed by atoms with Gasteiger partial charge < -0.3 is 4.65 Å². The summed E-state index contributed by atoms with van der Waals surface area (Å²) in [5, 5.41) is 0. The molecule has 0 aromatic carbocycles. The molecule has 0 saturated carbocycles. The topological polar surface area (TPSA) is 9.23 Å². The predicted molar refractivity (Wildman–Crippen MR) is 47.5 cm³/mol. The van der Waals surface area contributed by atoms with E-state index in [-0.39, 0.29) is 0 Å². The Morgan fingerprint density at radius 1 is 1.30 bits per heavy atom. The van der Waals surface area contributed by atoms with E-state index in [1.807, 2.05) is 0 Å². The van der Waals surface area contributed by atoms with Crippen LogP contribution >= 0.6 is 0 Å². The molecular weight excluding hydrogens is 123 g/mol. The van der Waals surface area contributed by atoms with Crippen LogP contribution in [0.25, 0.3) is 0 Å². The van der Waals surface area contributed by atoms with E-state index in [0.717, 1.165) is 12.6 Å². The van der Waals surface area contributed by atoms with Gasteiger partial charge in [-0.05, 0) is 11.7 Å². The minimum absolute atomic E-state index is 0.399. The van der Waals surface area contributed by atoms with Crippen LogP contribution in [0.4, 0.5) is 0 Å². The third-order valence-corrected chi connectivity index (χ3v) is 1.63. The van der Waals surface area contributed by atoms with Crippen molar-refractivity contribution in [1.82, 2.24) is 0 Å². The van der Waals surface area contributed by atoms with Gasteiger partial charge in [0.1, 0.15) is 0 Å². The van der Waals surface area contributed by atoms with Gasteiger partial charge in [-0.15, -0.1) is 0 Å². The monoisotopic (exact) mass is 142 g/mol. The van der Waals surface area contributed by atoms with Gasteiger partial charge in [0, 0.05) is 7.11 Å². The second kappa shape index (κ2) is 4.02.